The van der Waals surface area contributed by atoms with E-state index in [1.807, 2.05) is 0 Å². The average Bonchev–Trinajstić information content (AvgIpc) is 2.52. The summed E-state index contributed by atoms with van der Waals surface area (Å²) >= 11 is 11.7. The first-order chi connectivity index (χ1) is 11.0. The molecule has 120 valence electrons. The van der Waals surface area contributed by atoms with Gasteiger partial charge in [-0.05, 0) is 30.3 Å². The quantitative estimate of drug-likeness (QED) is 0.470. The highest BCUT2D eigenvalue weighted by Crippen LogP contribution is 2.31. The lowest BCUT2D eigenvalue weighted by Gasteiger charge is -2.10. The van der Waals surface area contributed by atoms with Crippen LogP contribution >= 0.6 is 23.2 Å². The number of hydrogen-bond donors (Lipinski definition) is 2. The zero-order valence-electron chi connectivity index (χ0n) is 11.9. The summed E-state index contributed by atoms with van der Waals surface area (Å²) < 4.78 is 0. The van der Waals surface area contributed by atoms with Crippen molar-refractivity contribution in [2.24, 2.45) is 0 Å². The molecule has 2 N–H and O–H groups in total. The Kier molecular flexibility index (Phi) is 5.78. The Hall–Kier alpha value is -2.31. The molecule has 0 aliphatic carbocycles. The fourth-order valence-corrected chi connectivity index (χ4v) is 2.27. The van der Waals surface area contributed by atoms with Gasteiger partial charge in [0.05, 0.1) is 9.95 Å². The predicted octanol–water partition coefficient (Wildman–Crippen LogP) is 3.74. The molecule has 6 nitrogen and oxygen atoms in total. The lowest BCUT2D eigenvalue weighted by atomic mass is 10.2. The van der Waals surface area contributed by atoms with Gasteiger partial charge in [-0.25, -0.2) is 0 Å². The molecule has 0 aliphatic rings. The number of benzene rings is 2. The van der Waals surface area contributed by atoms with Crippen molar-refractivity contribution < 1.29 is 9.72 Å². The standard InChI is InChI=1S/C15H13Cl2N3O3/c16-11-6-4-10(5-7-11)15(21)19-9-8-18-14-12(17)2-1-3-13(14)20(22)23/h1-7,18H,8-9H2,(H,19,21). The number of halogens is 2. The van der Waals surface area contributed by atoms with Gasteiger partial charge in [-0.1, -0.05) is 29.3 Å². The third-order valence-corrected chi connectivity index (χ3v) is 3.57. The first-order valence-electron chi connectivity index (χ1n) is 6.69. The normalized spacial score (nSPS) is 10.2. The van der Waals surface area contributed by atoms with Crippen LogP contribution in [0.5, 0.6) is 0 Å². The third kappa shape index (κ3) is 4.58. The second kappa shape index (κ2) is 7.80. The van der Waals surface area contributed by atoms with Gasteiger partial charge >= 0.3 is 0 Å². The van der Waals surface area contributed by atoms with Crippen molar-refractivity contribution in [2.75, 3.05) is 18.4 Å². The van der Waals surface area contributed by atoms with E-state index >= 15 is 0 Å². The number of carbonyl (C=O) groups excluding carboxylic acids is 1. The maximum Gasteiger partial charge on any atom is 0.293 e. The van der Waals surface area contributed by atoms with E-state index in [1.165, 1.54) is 12.1 Å². The van der Waals surface area contributed by atoms with Gasteiger partial charge in [0.1, 0.15) is 5.69 Å². The predicted molar refractivity (Wildman–Crippen MR) is 90.4 cm³/mol. The summed E-state index contributed by atoms with van der Waals surface area (Å²) in [5.74, 6) is -0.253. The molecule has 0 spiro atoms. The minimum Gasteiger partial charge on any atom is -0.376 e. The fraction of sp³-hybridized carbons (Fsp3) is 0.133. The number of nitro groups is 1. The summed E-state index contributed by atoms with van der Waals surface area (Å²) in [6, 6.07) is 10.9. The van der Waals surface area contributed by atoms with Crippen LogP contribution < -0.4 is 10.6 Å². The molecule has 1 amide bonds. The number of nitro benzene ring substituents is 1. The van der Waals surface area contributed by atoms with Crippen LogP contribution in [0.1, 0.15) is 10.4 Å². The van der Waals surface area contributed by atoms with E-state index in [4.69, 9.17) is 23.2 Å². The molecular formula is C15H13Cl2N3O3. The lowest BCUT2D eigenvalue weighted by molar-refractivity contribution is -0.383. The molecule has 2 aromatic carbocycles. The summed E-state index contributed by atoms with van der Waals surface area (Å²) in [7, 11) is 0. The number of hydrogen-bond acceptors (Lipinski definition) is 4. The van der Waals surface area contributed by atoms with Crippen molar-refractivity contribution in [3.63, 3.8) is 0 Å². The SMILES string of the molecule is O=C(NCCNc1c(Cl)cccc1[N+](=O)[O-])c1ccc(Cl)cc1. The summed E-state index contributed by atoms with van der Waals surface area (Å²) in [5.41, 5.74) is 0.611. The second-order valence-electron chi connectivity index (χ2n) is 4.58. The molecule has 0 fully saturated rings. The van der Waals surface area contributed by atoms with E-state index in [9.17, 15) is 14.9 Å². The number of anilines is 1. The maximum absolute atomic E-state index is 11.9. The van der Waals surface area contributed by atoms with Gasteiger partial charge in [-0.2, -0.15) is 0 Å². The largest absolute Gasteiger partial charge is 0.376 e. The Labute approximate surface area is 142 Å². The van der Waals surface area contributed by atoms with Crippen molar-refractivity contribution in [3.05, 3.63) is 68.2 Å². The number of para-hydroxylation sites is 1. The monoisotopic (exact) mass is 353 g/mol. The first-order valence-corrected chi connectivity index (χ1v) is 7.45. The Bertz CT molecular complexity index is 720. The highest BCUT2D eigenvalue weighted by molar-refractivity contribution is 6.33. The number of rotatable bonds is 6. The van der Waals surface area contributed by atoms with E-state index in [1.54, 1.807) is 30.3 Å². The van der Waals surface area contributed by atoms with Crippen LogP contribution in [0.15, 0.2) is 42.5 Å². The molecule has 2 aromatic rings. The van der Waals surface area contributed by atoms with E-state index in [2.05, 4.69) is 10.6 Å². The molecule has 0 saturated heterocycles. The van der Waals surface area contributed by atoms with Crippen molar-refractivity contribution in [1.82, 2.24) is 5.32 Å². The molecule has 2 rings (SSSR count). The van der Waals surface area contributed by atoms with Crippen molar-refractivity contribution in [2.45, 2.75) is 0 Å². The van der Waals surface area contributed by atoms with Gasteiger partial charge in [0, 0.05) is 29.7 Å². The lowest BCUT2D eigenvalue weighted by Crippen LogP contribution is -2.28. The molecule has 0 radical (unpaired) electrons. The zero-order valence-corrected chi connectivity index (χ0v) is 13.4. The molecule has 0 atom stereocenters. The molecule has 0 bridgehead atoms. The fourth-order valence-electron chi connectivity index (χ4n) is 1.91. The van der Waals surface area contributed by atoms with Crippen LogP contribution in [0.2, 0.25) is 10.0 Å². The summed E-state index contributed by atoms with van der Waals surface area (Å²) in [6.07, 6.45) is 0. The Morgan fingerprint density at radius 2 is 1.78 bits per heavy atom. The average molecular weight is 354 g/mol. The number of nitrogens with zero attached hydrogens (tertiary/aromatic N) is 1. The van der Waals surface area contributed by atoms with Gasteiger partial charge in [-0.15, -0.1) is 0 Å². The van der Waals surface area contributed by atoms with Gasteiger partial charge in [-0.3, -0.25) is 14.9 Å². The van der Waals surface area contributed by atoms with Crippen molar-refractivity contribution in [1.29, 1.82) is 0 Å². The summed E-state index contributed by atoms with van der Waals surface area (Å²) in [6.45, 7) is 0.577. The highest BCUT2D eigenvalue weighted by atomic mass is 35.5. The van der Waals surface area contributed by atoms with Crippen LogP contribution in [0.4, 0.5) is 11.4 Å². The summed E-state index contributed by atoms with van der Waals surface area (Å²) in [5, 5.41) is 17.3. The number of nitrogens with one attached hydrogen (secondary N) is 2. The highest BCUT2D eigenvalue weighted by Gasteiger charge is 2.16. The van der Waals surface area contributed by atoms with E-state index in [-0.39, 0.29) is 28.8 Å². The molecule has 8 heteroatoms. The van der Waals surface area contributed by atoms with E-state index in [0.717, 1.165) is 0 Å². The van der Waals surface area contributed by atoms with Gasteiger partial charge in [0.15, 0.2) is 0 Å². The zero-order chi connectivity index (χ0) is 16.8. The number of carbonyl (C=O) groups is 1. The molecular weight excluding hydrogens is 341 g/mol. The van der Waals surface area contributed by atoms with Crippen molar-refractivity contribution in [3.8, 4) is 0 Å². The Morgan fingerprint density at radius 3 is 2.43 bits per heavy atom. The first kappa shape index (κ1) is 17.1. The Balaban J connectivity index is 1.90. The van der Waals surface area contributed by atoms with Crippen LogP contribution in [-0.2, 0) is 0 Å². The molecule has 0 saturated carbocycles. The van der Waals surface area contributed by atoms with Gasteiger partial charge < -0.3 is 10.6 Å². The van der Waals surface area contributed by atoms with Gasteiger partial charge in [0.2, 0.25) is 0 Å². The molecule has 0 heterocycles. The molecule has 0 aliphatic heterocycles. The summed E-state index contributed by atoms with van der Waals surface area (Å²) in [4.78, 5) is 22.3. The maximum atomic E-state index is 11.9. The van der Waals surface area contributed by atoms with E-state index < -0.39 is 4.92 Å². The molecule has 23 heavy (non-hydrogen) atoms. The second-order valence-corrected chi connectivity index (χ2v) is 5.42. The topological polar surface area (TPSA) is 84.3 Å². The smallest absolute Gasteiger partial charge is 0.293 e. The van der Waals surface area contributed by atoms with Crippen molar-refractivity contribution >= 4 is 40.5 Å². The third-order valence-electron chi connectivity index (χ3n) is 3.01. The molecule has 0 unspecified atom stereocenters. The van der Waals surface area contributed by atoms with Gasteiger partial charge in [0.25, 0.3) is 11.6 Å². The van der Waals surface area contributed by atoms with Crippen LogP contribution in [0.3, 0.4) is 0 Å². The van der Waals surface area contributed by atoms with Crippen LogP contribution in [-0.4, -0.2) is 23.9 Å². The Morgan fingerprint density at radius 1 is 1.09 bits per heavy atom. The molecule has 0 aromatic heterocycles. The van der Waals surface area contributed by atoms with E-state index in [0.29, 0.717) is 17.1 Å². The minimum atomic E-state index is -0.513. The minimum absolute atomic E-state index is 0.110. The number of amides is 1. The van der Waals surface area contributed by atoms with Crippen LogP contribution in [0.25, 0.3) is 0 Å². The van der Waals surface area contributed by atoms with Crippen LogP contribution in [0, 0.1) is 10.1 Å².